The van der Waals surface area contributed by atoms with E-state index in [-0.39, 0.29) is 5.91 Å². The maximum atomic E-state index is 11.9. The minimum absolute atomic E-state index is 0.138. The molecule has 1 saturated heterocycles. The van der Waals surface area contributed by atoms with Gasteiger partial charge in [-0.05, 0) is 12.8 Å². The number of nitrogens with zero attached hydrogens (tertiary/aromatic N) is 4. The van der Waals surface area contributed by atoms with Crippen LogP contribution in [0.4, 0.5) is 11.6 Å². The second kappa shape index (κ2) is 6.36. The number of anilines is 2. The quantitative estimate of drug-likeness (QED) is 0.877. The SMILES string of the molecule is CCCNc1cc(N2CCCN(C)C(=O)C2)ncn1. The fourth-order valence-corrected chi connectivity index (χ4v) is 2.05. The first-order valence-corrected chi connectivity index (χ1v) is 6.75. The van der Waals surface area contributed by atoms with Crippen molar-refractivity contribution < 1.29 is 4.79 Å². The van der Waals surface area contributed by atoms with E-state index < -0.39 is 0 Å². The molecule has 0 bridgehead atoms. The minimum Gasteiger partial charge on any atom is -0.370 e. The fraction of sp³-hybridized carbons (Fsp3) is 0.615. The van der Waals surface area contributed by atoms with E-state index in [0.29, 0.717) is 6.54 Å². The number of rotatable bonds is 4. The van der Waals surface area contributed by atoms with Gasteiger partial charge in [0.1, 0.15) is 18.0 Å². The van der Waals surface area contributed by atoms with Gasteiger partial charge >= 0.3 is 0 Å². The Kier molecular flexibility index (Phi) is 4.54. The molecule has 0 aliphatic carbocycles. The Morgan fingerprint density at radius 2 is 2.21 bits per heavy atom. The molecule has 0 radical (unpaired) electrons. The lowest BCUT2D eigenvalue weighted by Gasteiger charge is -2.21. The van der Waals surface area contributed by atoms with Gasteiger partial charge in [0, 0.05) is 32.7 Å². The van der Waals surface area contributed by atoms with Crippen molar-refractivity contribution in [2.45, 2.75) is 19.8 Å². The molecule has 104 valence electrons. The zero-order valence-corrected chi connectivity index (χ0v) is 11.6. The van der Waals surface area contributed by atoms with Gasteiger partial charge < -0.3 is 15.1 Å². The average molecular weight is 263 g/mol. The second-order valence-corrected chi connectivity index (χ2v) is 4.78. The number of hydrogen-bond donors (Lipinski definition) is 1. The van der Waals surface area contributed by atoms with Crippen molar-refractivity contribution in [3.63, 3.8) is 0 Å². The highest BCUT2D eigenvalue weighted by atomic mass is 16.2. The van der Waals surface area contributed by atoms with Crippen LogP contribution in [0.2, 0.25) is 0 Å². The Labute approximate surface area is 113 Å². The van der Waals surface area contributed by atoms with Crippen molar-refractivity contribution in [1.82, 2.24) is 14.9 Å². The summed E-state index contributed by atoms with van der Waals surface area (Å²) in [6.45, 7) is 5.04. The maximum absolute atomic E-state index is 11.9. The molecular weight excluding hydrogens is 242 g/mol. The Morgan fingerprint density at radius 3 is 3.00 bits per heavy atom. The maximum Gasteiger partial charge on any atom is 0.241 e. The van der Waals surface area contributed by atoms with Crippen molar-refractivity contribution >= 4 is 17.5 Å². The number of carbonyl (C=O) groups is 1. The Bertz CT molecular complexity index is 437. The van der Waals surface area contributed by atoms with Crippen molar-refractivity contribution in [2.24, 2.45) is 0 Å². The van der Waals surface area contributed by atoms with E-state index >= 15 is 0 Å². The molecule has 1 aromatic heterocycles. The van der Waals surface area contributed by atoms with Crippen LogP contribution >= 0.6 is 0 Å². The lowest BCUT2D eigenvalue weighted by atomic mass is 10.3. The van der Waals surface area contributed by atoms with Gasteiger partial charge in [-0.3, -0.25) is 4.79 Å². The predicted molar refractivity (Wildman–Crippen MR) is 75.3 cm³/mol. The van der Waals surface area contributed by atoms with Crippen molar-refractivity contribution in [2.75, 3.05) is 43.4 Å². The number of nitrogens with one attached hydrogen (secondary N) is 1. The van der Waals surface area contributed by atoms with Crippen LogP contribution in [0.25, 0.3) is 0 Å². The summed E-state index contributed by atoms with van der Waals surface area (Å²) >= 11 is 0. The lowest BCUT2D eigenvalue weighted by Crippen LogP contribution is -2.34. The largest absolute Gasteiger partial charge is 0.370 e. The summed E-state index contributed by atoms with van der Waals surface area (Å²) in [6.07, 6.45) is 3.56. The summed E-state index contributed by atoms with van der Waals surface area (Å²) in [5, 5.41) is 3.24. The zero-order chi connectivity index (χ0) is 13.7. The molecular formula is C13H21N5O. The molecule has 6 nitrogen and oxygen atoms in total. The molecule has 0 aromatic carbocycles. The molecule has 1 aliphatic rings. The molecule has 6 heteroatoms. The van der Waals surface area contributed by atoms with Crippen LogP contribution in [0.15, 0.2) is 12.4 Å². The van der Waals surface area contributed by atoms with Crippen molar-refractivity contribution in [1.29, 1.82) is 0 Å². The lowest BCUT2D eigenvalue weighted by molar-refractivity contribution is -0.127. The first-order valence-electron chi connectivity index (χ1n) is 6.75. The van der Waals surface area contributed by atoms with Crippen molar-refractivity contribution in [3.05, 3.63) is 12.4 Å². The highest BCUT2D eigenvalue weighted by Gasteiger charge is 2.20. The van der Waals surface area contributed by atoms with Gasteiger partial charge in [0.25, 0.3) is 0 Å². The van der Waals surface area contributed by atoms with Gasteiger partial charge in [0.05, 0.1) is 6.54 Å². The third-order valence-electron chi connectivity index (χ3n) is 3.21. The van der Waals surface area contributed by atoms with E-state index in [1.165, 1.54) is 0 Å². The molecule has 0 spiro atoms. The number of amides is 1. The second-order valence-electron chi connectivity index (χ2n) is 4.78. The van der Waals surface area contributed by atoms with E-state index in [1.807, 2.05) is 18.0 Å². The standard InChI is InChI=1S/C13H21N5O/c1-3-5-14-11-8-12(16-10-15-11)18-7-4-6-17(2)13(19)9-18/h8,10H,3-7,9H2,1-2H3,(H,14,15,16). The number of carbonyl (C=O) groups excluding carboxylic acids is 1. The van der Waals surface area contributed by atoms with E-state index in [1.54, 1.807) is 11.2 Å². The Morgan fingerprint density at radius 1 is 1.37 bits per heavy atom. The number of likely N-dealkylation sites (N-methyl/N-ethyl adjacent to an activating group) is 1. The van der Waals surface area contributed by atoms with E-state index in [9.17, 15) is 4.79 Å². The normalized spacial score (nSPS) is 16.4. The molecule has 19 heavy (non-hydrogen) atoms. The summed E-state index contributed by atoms with van der Waals surface area (Å²) in [5.41, 5.74) is 0. The third kappa shape index (κ3) is 3.56. The molecule has 1 fully saturated rings. The molecule has 0 unspecified atom stereocenters. The average Bonchev–Trinajstić information content (AvgIpc) is 2.59. The van der Waals surface area contributed by atoms with Crippen LogP contribution in [0.1, 0.15) is 19.8 Å². The van der Waals surface area contributed by atoms with Crippen LogP contribution in [0.5, 0.6) is 0 Å². The van der Waals surface area contributed by atoms with Gasteiger partial charge in [-0.25, -0.2) is 9.97 Å². The molecule has 1 aromatic rings. The fourth-order valence-electron chi connectivity index (χ4n) is 2.05. The smallest absolute Gasteiger partial charge is 0.241 e. The van der Waals surface area contributed by atoms with E-state index in [4.69, 9.17) is 0 Å². The minimum atomic E-state index is 0.138. The van der Waals surface area contributed by atoms with Crippen molar-refractivity contribution in [3.8, 4) is 0 Å². The Balaban J connectivity index is 2.09. The summed E-state index contributed by atoms with van der Waals surface area (Å²) in [4.78, 5) is 24.1. The molecule has 0 atom stereocenters. The molecule has 1 aliphatic heterocycles. The van der Waals surface area contributed by atoms with Gasteiger partial charge in [-0.15, -0.1) is 0 Å². The monoisotopic (exact) mass is 263 g/mol. The molecule has 1 amide bonds. The van der Waals surface area contributed by atoms with Crippen LogP contribution < -0.4 is 10.2 Å². The summed E-state index contributed by atoms with van der Waals surface area (Å²) < 4.78 is 0. The molecule has 2 heterocycles. The predicted octanol–water partition coefficient (Wildman–Crippen LogP) is 0.967. The first kappa shape index (κ1) is 13.6. The summed E-state index contributed by atoms with van der Waals surface area (Å²) in [7, 11) is 1.85. The zero-order valence-electron chi connectivity index (χ0n) is 11.6. The van der Waals surface area contributed by atoms with Gasteiger partial charge in [-0.1, -0.05) is 6.92 Å². The van der Waals surface area contributed by atoms with Gasteiger partial charge in [0.2, 0.25) is 5.91 Å². The third-order valence-corrected chi connectivity index (χ3v) is 3.21. The molecule has 0 saturated carbocycles. The summed E-state index contributed by atoms with van der Waals surface area (Å²) in [5.74, 6) is 1.77. The topological polar surface area (TPSA) is 61.4 Å². The summed E-state index contributed by atoms with van der Waals surface area (Å²) in [6, 6.07) is 1.91. The first-order chi connectivity index (χ1) is 9.20. The van der Waals surface area contributed by atoms with Crippen LogP contribution in [-0.4, -0.2) is 54.0 Å². The Hall–Kier alpha value is -1.85. The highest BCUT2D eigenvalue weighted by molar-refractivity contribution is 5.81. The van der Waals surface area contributed by atoms with Crippen LogP contribution in [-0.2, 0) is 4.79 Å². The molecule has 1 N–H and O–H groups in total. The number of hydrogen-bond acceptors (Lipinski definition) is 5. The highest BCUT2D eigenvalue weighted by Crippen LogP contribution is 2.16. The van der Waals surface area contributed by atoms with E-state index in [2.05, 4.69) is 22.2 Å². The van der Waals surface area contributed by atoms with Crippen LogP contribution in [0, 0.1) is 0 Å². The van der Waals surface area contributed by atoms with Gasteiger partial charge in [-0.2, -0.15) is 0 Å². The van der Waals surface area contributed by atoms with Crippen LogP contribution in [0.3, 0.4) is 0 Å². The number of aromatic nitrogens is 2. The van der Waals surface area contributed by atoms with E-state index in [0.717, 1.165) is 44.1 Å². The van der Waals surface area contributed by atoms with Gasteiger partial charge in [0.15, 0.2) is 0 Å². The molecule has 2 rings (SSSR count).